The molecular weight excluding hydrogens is 258 g/mol. The van der Waals surface area contributed by atoms with Crippen LogP contribution in [0.2, 0.25) is 0 Å². The van der Waals surface area contributed by atoms with Crippen LogP contribution in [-0.2, 0) is 16.2 Å². The third kappa shape index (κ3) is 3.23. The molecule has 1 aromatic heterocycles. The van der Waals surface area contributed by atoms with Crippen molar-refractivity contribution in [3.05, 3.63) is 36.0 Å². The molecule has 1 unspecified atom stereocenters. The summed E-state index contributed by atoms with van der Waals surface area (Å²) in [6.07, 6.45) is 3.13. The highest BCUT2D eigenvalue weighted by Crippen LogP contribution is 2.25. The lowest BCUT2D eigenvalue weighted by Gasteiger charge is -2.19. The summed E-state index contributed by atoms with van der Waals surface area (Å²) in [5.74, 6) is 0. The molecule has 0 aliphatic heterocycles. The van der Waals surface area contributed by atoms with Crippen molar-refractivity contribution in [2.75, 3.05) is 6.26 Å². The smallest absolute Gasteiger partial charge is 0.239 e. The van der Waals surface area contributed by atoms with Crippen molar-refractivity contribution in [2.24, 2.45) is 0 Å². The van der Waals surface area contributed by atoms with Crippen LogP contribution in [0.1, 0.15) is 26.3 Å². The van der Waals surface area contributed by atoms with E-state index in [-0.39, 0.29) is 10.6 Å². The Labute approximate surface area is 115 Å². The zero-order valence-corrected chi connectivity index (χ0v) is 12.4. The average Bonchev–Trinajstić information content (AvgIpc) is 2.38. The van der Waals surface area contributed by atoms with Gasteiger partial charge in [0.1, 0.15) is 0 Å². The summed E-state index contributed by atoms with van der Waals surface area (Å²) in [5.41, 5.74) is 3.03. The molecule has 5 heteroatoms. The lowest BCUT2D eigenvalue weighted by molar-refractivity contribution is 0.590. The highest BCUT2D eigenvalue weighted by atomic mass is 32.2. The van der Waals surface area contributed by atoms with Crippen LogP contribution in [0.4, 0.5) is 0 Å². The first-order valence-electron chi connectivity index (χ1n) is 6.02. The average molecular weight is 275 g/mol. The summed E-state index contributed by atoms with van der Waals surface area (Å²) in [6.45, 7) is 6.52. The van der Waals surface area contributed by atoms with Gasteiger partial charge in [0.2, 0.25) is 5.16 Å². The van der Waals surface area contributed by atoms with Gasteiger partial charge in [-0.3, -0.25) is 4.21 Å². The Hall–Kier alpha value is -1.62. The third-order valence-corrected chi connectivity index (χ3v) is 3.53. The van der Waals surface area contributed by atoms with E-state index in [1.807, 2.05) is 12.1 Å². The van der Waals surface area contributed by atoms with Crippen molar-refractivity contribution in [2.45, 2.75) is 31.3 Å². The van der Waals surface area contributed by atoms with Gasteiger partial charge in [0.05, 0.1) is 22.7 Å². The standard InChI is InChI=1S/C14H17N3OS/c1-14(2,3)11-7-5-10(6-8-11)12-9-15-17-13(16-12)19(4)18/h5-9H,1-4H3. The van der Waals surface area contributed by atoms with Crippen molar-refractivity contribution in [3.8, 4) is 11.3 Å². The fourth-order valence-electron chi connectivity index (χ4n) is 1.69. The molecular formula is C14H17N3OS. The molecule has 19 heavy (non-hydrogen) atoms. The van der Waals surface area contributed by atoms with Crippen LogP contribution in [0.15, 0.2) is 35.6 Å². The Kier molecular flexibility index (Phi) is 3.75. The summed E-state index contributed by atoms with van der Waals surface area (Å²) in [6, 6.07) is 8.18. The first-order valence-corrected chi connectivity index (χ1v) is 7.58. The Morgan fingerprint density at radius 1 is 1.11 bits per heavy atom. The Morgan fingerprint density at radius 2 is 1.74 bits per heavy atom. The molecule has 0 fully saturated rings. The molecule has 0 N–H and O–H groups in total. The molecule has 0 aliphatic carbocycles. The van der Waals surface area contributed by atoms with E-state index < -0.39 is 10.8 Å². The minimum absolute atomic E-state index is 0.124. The SMILES string of the molecule is CS(=O)c1nncc(-c2ccc(C(C)(C)C)cc2)n1. The topological polar surface area (TPSA) is 55.7 Å². The predicted octanol–water partition coefficient (Wildman–Crippen LogP) is 2.57. The molecule has 0 radical (unpaired) electrons. The molecule has 4 nitrogen and oxygen atoms in total. The highest BCUT2D eigenvalue weighted by molar-refractivity contribution is 7.84. The molecule has 1 aromatic carbocycles. The van der Waals surface area contributed by atoms with Crippen molar-refractivity contribution in [1.29, 1.82) is 0 Å². The largest absolute Gasteiger partial charge is 0.251 e. The van der Waals surface area contributed by atoms with Gasteiger partial charge < -0.3 is 0 Å². The molecule has 0 amide bonds. The molecule has 0 aliphatic rings. The second-order valence-electron chi connectivity index (χ2n) is 5.41. The van der Waals surface area contributed by atoms with Crippen LogP contribution >= 0.6 is 0 Å². The summed E-state index contributed by atoms with van der Waals surface area (Å²) in [4.78, 5) is 4.26. The first kappa shape index (κ1) is 13.8. The van der Waals surface area contributed by atoms with Gasteiger partial charge in [-0.2, -0.15) is 5.10 Å². The zero-order valence-electron chi connectivity index (χ0n) is 11.5. The summed E-state index contributed by atoms with van der Waals surface area (Å²) < 4.78 is 11.4. The fourth-order valence-corrected chi connectivity index (χ4v) is 2.08. The van der Waals surface area contributed by atoms with Crippen molar-refractivity contribution < 1.29 is 4.21 Å². The summed E-state index contributed by atoms with van der Waals surface area (Å²) in [7, 11) is -1.22. The molecule has 100 valence electrons. The van der Waals surface area contributed by atoms with Gasteiger partial charge in [0, 0.05) is 11.8 Å². The molecule has 2 rings (SSSR count). The van der Waals surface area contributed by atoms with Gasteiger partial charge in [-0.1, -0.05) is 45.0 Å². The quantitative estimate of drug-likeness (QED) is 0.845. The number of benzene rings is 1. The second-order valence-corrected chi connectivity index (χ2v) is 6.68. The van der Waals surface area contributed by atoms with Crippen molar-refractivity contribution in [1.82, 2.24) is 15.2 Å². The zero-order chi connectivity index (χ0) is 14.0. The van der Waals surface area contributed by atoms with Gasteiger partial charge in [-0.25, -0.2) is 4.98 Å². The molecule has 0 saturated carbocycles. The van der Waals surface area contributed by atoms with Crippen LogP contribution in [0.25, 0.3) is 11.3 Å². The van der Waals surface area contributed by atoms with Crippen LogP contribution in [0, 0.1) is 0 Å². The van der Waals surface area contributed by atoms with Gasteiger partial charge >= 0.3 is 0 Å². The minimum Gasteiger partial charge on any atom is -0.251 e. The van der Waals surface area contributed by atoms with E-state index in [4.69, 9.17) is 0 Å². The molecule has 0 saturated heterocycles. The molecule has 0 spiro atoms. The highest BCUT2D eigenvalue weighted by Gasteiger charge is 2.13. The minimum atomic E-state index is -1.22. The first-order chi connectivity index (χ1) is 8.88. The maximum atomic E-state index is 11.4. The Bertz CT molecular complexity index is 603. The summed E-state index contributed by atoms with van der Waals surface area (Å²) in [5, 5.41) is 7.87. The molecule has 1 atom stereocenters. The molecule has 2 aromatic rings. The number of nitrogens with zero attached hydrogens (tertiary/aromatic N) is 3. The van der Waals surface area contributed by atoms with Crippen molar-refractivity contribution >= 4 is 10.8 Å². The van der Waals surface area contributed by atoms with E-state index in [0.717, 1.165) is 5.56 Å². The molecule has 0 bridgehead atoms. The number of hydrogen-bond acceptors (Lipinski definition) is 4. The van der Waals surface area contributed by atoms with Gasteiger partial charge in [0.15, 0.2) is 0 Å². The van der Waals surface area contributed by atoms with E-state index in [9.17, 15) is 4.21 Å². The Balaban J connectivity index is 2.37. The Morgan fingerprint density at radius 3 is 2.26 bits per heavy atom. The predicted molar refractivity (Wildman–Crippen MR) is 76.3 cm³/mol. The van der Waals surface area contributed by atoms with Crippen LogP contribution in [-0.4, -0.2) is 25.6 Å². The van der Waals surface area contributed by atoms with Gasteiger partial charge in [-0.05, 0) is 11.0 Å². The van der Waals surface area contributed by atoms with Crippen LogP contribution in [0.5, 0.6) is 0 Å². The van der Waals surface area contributed by atoms with Crippen LogP contribution in [0.3, 0.4) is 0 Å². The van der Waals surface area contributed by atoms with Gasteiger partial charge in [-0.15, -0.1) is 5.10 Å². The van der Waals surface area contributed by atoms with E-state index in [0.29, 0.717) is 5.69 Å². The number of rotatable bonds is 2. The molecule has 1 heterocycles. The van der Waals surface area contributed by atoms with E-state index in [2.05, 4.69) is 48.1 Å². The lowest BCUT2D eigenvalue weighted by atomic mass is 9.86. The van der Waals surface area contributed by atoms with Crippen molar-refractivity contribution in [3.63, 3.8) is 0 Å². The lowest BCUT2D eigenvalue weighted by Crippen LogP contribution is -2.10. The number of hydrogen-bond donors (Lipinski definition) is 0. The van der Waals surface area contributed by atoms with Gasteiger partial charge in [0.25, 0.3) is 0 Å². The monoisotopic (exact) mass is 275 g/mol. The normalized spacial score (nSPS) is 13.3. The van der Waals surface area contributed by atoms with E-state index in [1.165, 1.54) is 5.56 Å². The third-order valence-electron chi connectivity index (χ3n) is 2.84. The fraction of sp³-hybridized carbons (Fsp3) is 0.357. The maximum Gasteiger partial charge on any atom is 0.239 e. The van der Waals surface area contributed by atoms with E-state index >= 15 is 0 Å². The number of aromatic nitrogens is 3. The second kappa shape index (κ2) is 5.17. The summed E-state index contributed by atoms with van der Waals surface area (Å²) >= 11 is 0. The van der Waals surface area contributed by atoms with Crippen LogP contribution < -0.4 is 0 Å². The van der Waals surface area contributed by atoms with E-state index in [1.54, 1.807) is 12.5 Å². The maximum absolute atomic E-state index is 11.4.